The minimum Gasteiger partial charge on any atom is -0.329 e. The normalized spacial score (nSPS) is 14.0. The Morgan fingerprint density at radius 3 is 1.18 bits per heavy atom. The maximum absolute atomic E-state index is 11.8. The molecule has 0 aromatic carbocycles. The topological polar surface area (TPSA) is 55.8 Å². The minimum absolute atomic E-state index is 0.233. The van der Waals surface area contributed by atoms with Crippen molar-refractivity contribution in [2.24, 2.45) is 0 Å². The first-order chi connectivity index (χ1) is 15.8. The molecule has 33 heavy (non-hydrogen) atoms. The Labute approximate surface area is 207 Å². The molecule has 0 aliphatic rings. The summed E-state index contributed by atoms with van der Waals surface area (Å²) in [7, 11) is 2.18. The van der Waals surface area contributed by atoms with Gasteiger partial charge in [0, 0.05) is 0 Å². The molecule has 0 fully saturated rings. The van der Waals surface area contributed by atoms with Crippen LogP contribution in [0.25, 0.3) is 0 Å². The molecule has 0 rings (SSSR count). The van der Waals surface area contributed by atoms with Crippen LogP contribution in [0.2, 0.25) is 0 Å². The van der Waals surface area contributed by atoms with E-state index in [2.05, 4.69) is 6.92 Å². The van der Waals surface area contributed by atoms with Gasteiger partial charge in [0.15, 0.2) is 0 Å². The van der Waals surface area contributed by atoms with Crippen LogP contribution < -0.4 is 0 Å². The highest BCUT2D eigenvalue weighted by atomic mass is 31.2. The summed E-state index contributed by atoms with van der Waals surface area (Å²) in [6.45, 7) is 3.49. The van der Waals surface area contributed by atoms with Crippen molar-refractivity contribution in [3.05, 3.63) is 0 Å². The lowest BCUT2D eigenvalue weighted by molar-refractivity contribution is -0.870. The first kappa shape index (κ1) is 33.1. The Bertz CT molecular complexity index is 454. The smallest absolute Gasteiger partial charge is 0.329 e. The molecule has 0 heterocycles. The van der Waals surface area contributed by atoms with Gasteiger partial charge in [-0.25, -0.2) is 4.57 Å². The van der Waals surface area contributed by atoms with Gasteiger partial charge >= 0.3 is 7.82 Å². The Balaban J connectivity index is 3.23. The van der Waals surface area contributed by atoms with Gasteiger partial charge in [0.1, 0.15) is 13.2 Å². The van der Waals surface area contributed by atoms with Gasteiger partial charge < -0.3 is 9.38 Å². The average molecular weight is 493 g/mol. The second kappa shape index (κ2) is 22.5. The molecule has 1 N–H and O–H groups in total. The summed E-state index contributed by atoms with van der Waals surface area (Å²) >= 11 is 0. The van der Waals surface area contributed by atoms with Crippen molar-refractivity contribution in [3.8, 4) is 0 Å². The molecule has 1 unspecified atom stereocenters. The number of nitrogens with zero attached hydrogens (tertiary/aromatic N) is 1. The highest BCUT2D eigenvalue weighted by molar-refractivity contribution is 7.47. The SMILES string of the molecule is CCCCCCCCCCCCCCCCCCCCCCOP(=O)(O)OCC[N+](C)(C)C. The lowest BCUT2D eigenvalue weighted by Crippen LogP contribution is -2.37. The molecular weight excluding hydrogens is 433 g/mol. The van der Waals surface area contributed by atoms with Crippen molar-refractivity contribution in [3.63, 3.8) is 0 Å². The molecule has 0 aromatic rings. The lowest BCUT2D eigenvalue weighted by Gasteiger charge is -2.24. The minimum atomic E-state index is -3.88. The number of unbranched alkanes of at least 4 members (excludes halogenated alkanes) is 19. The fourth-order valence-corrected chi connectivity index (χ4v) is 4.75. The van der Waals surface area contributed by atoms with Crippen LogP contribution in [0.1, 0.15) is 135 Å². The molecule has 6 heteroatoms. The van der Waals surface area contributed by atoms with Gasteiger partial charge in [-0.15, -0.1) is 0 Å². The Morgan fingerprint density at radius 2 is 0.848 bits per heavy atom. The van der Waals surface area contributed by atoms with Gasteiger partial charge in [0.2, 0.25) is 0 Å². The third-order valence-electron chi connectivity index (χ3n) is 6.27. The number of phosphoric acid groups is 1. The molecule has 0 aliphatic heterocycles. The number of phosphoric ester groups is 1. The van der Waals surface area contributed by atoms with Crippen molar-refractivity contribution < 1.29 is 23.0 Å². The van der Waals surface area contributed by atoms with Crippen molar-refractivity contribution in [1.82, 2.24) is 0 Å². The lowest BCUT2D eigenvalue weighted by atomic mass is 10.0. The van der Waals surface area contributed by atoms with E-state index < -0.39 is 7.82 Å². The van der Waals surface area contributed by atoms with Crippen molar-refractivity contribution in [2.45, 2.75) is 135 Å². The van der Waals surface area contributed by atoms with Crippen molar-refractivity contribution in [1.29, 1.82) is 0 Å². The molecule has 0 saturated carbocycles. The number of quaternary nitrogens is 1. The van der Waals surface area contributed by atoms with Gasteiger partial charge in [-0.1, -0.05) is 129 Å². The van der Waals surface area contributed by atoms with Gasteiger partial charge in [-0.05, 0) is 6.42 Å². The third kappa shape index (κ3) is 28.2. The second-order valence-corrected chi connectivity index (χ2v) is 12.3. The number of hydrogen-bond donors (Lipinski definition) is 1. The summed E-state index contributed by atoms with van der Waals surface area (Å²) in [6, 6.07) is 0. The van der Waals surface area contributed by atoms with E-state index in [0.29, 0.717) is 17.6 Å². The quantitative estimate of drug-likeness (QED) is 0.0745. The largest absolute Gasteiger partial charge is 0.472 e. The molecule has 5 nitrogen and oxygen atoms in total. The van der Waals surface area contributed by atoms with Crippen molar-refractivity contribution >= 4 is 7.82 Å². The van der Waals surface area contributed by atoms with Crippen LogP contribution in [-0.2, 0) is 13.6 Å². The highest BCUT2D eigenvalue weighted by Gasteiger charge is 2.21. The molecule has 1 atom stereocenters. The Morgan fingerprint density at radius 1 is 0.545 bits per heavy atom. The molecular formula is C27H59NO4P+. The molecule has 0 bridgehead atoms. The summed E-state index contributed by atoms with van der Waals surface area (Å²) in [6.07, 6.45) is 26.9. The zero-order valence-corrected chi connectivity index (χ0v) is 23.7. The predicted molar refractivity (Wildman–Crippen MR) is 143 cm³/mol. The van der Waals surface area contributed by atoms with Gasteiger partial charge in [-0.3, -0.25) is 9.05 Å². The van der Waals surface area contributed by atoms with E-state index in [1.807, 2.05) is 21.1 Å². The number of likely N-dealkylation sites (N-methyl/N-ethyl adjacent to an activating group) is 1. The molecule has 0 spiro atoms. The maximum atomic E-state index is 11.8. The van der Waals surface area contributed by atoms with Crippen LogP contribution in [0.4, 0.5) is 0 Å². The maximum Gasteiger partial charge on any atom is 0.472 e. The van der Waals surface area contributed by atoms with Crippen molar-refractivity contribution in [2.75, 3.05) is 40.9 Å². The van der Waals surface area contributed by atoms with Gasteiger partial charge in [0.05, 0.1) is 27.7 Å². The van der Waals surface area contributed by atoms with Gasteiger partial charge in [0.25, 0.3) is 0 Å². The molecule has 0 amide bonds. The standard InChI is InChI=1S/C27H58NO4P/c1-5-6-7-8-9-10-11-12-13-14-15-16-17-18-19-20-21-22-23-24-26-31-33(29,30)32-27-25-28(2,3)4/h5-27H2,1-4H3/p+1. The van der Waals surface area contributed by atoms with E-state index in [9.17, 15) is 9.46 Å². The molecule has 0 aromatic heterocycles. The summed E-state index contributed by atoms with van der Waals surface area (Å²) in [5.74, 6) is 0. The van der Waals surface area contributed by atoms with E-state index in [4.69, 9.17) is 9.05 Å². The predicted octanol–water partition coefficient (Wildman–Crippen LogP) is 8.65. The first-order valence-corrected chi connectivity index (χ1v) is 15.7. The van der Waals surface area contributed by atoms with E-state index in [0.717, 1.165) is 12.8 Å². The fraction of sp³-hybridized carbons (Fsp3) is 1.00. The Hall–Kier alpha value is 0.0700. The molecule has 200 valence electrons. The third-order valence-corrected chi connectivity index (χ3v) is 7.29. The monoisotopic (exact) mass is 492 g/mol. The zero-order valence-electron chi connectivity index (χ0n) is 22.8. The van der Waals surface area contributed by atoms with E-state index >= 15 is 0 Å². The first-order valence-electron chi connectivity index (χ1n) is 14.2. The van der Waals surface area contributed by atoms with Crippen LogP contribution in [-0.4, -0.2) is 50.3 Å². The van der Waals surface area contributed by atoms with Crippen LogP contribution in [0, 0.1) is 0 Å². The second-order valence-electron chi connectivity index (χ2n) is 10.9. The molecule has 0 aliphatic carbocycles. The number of hydrogen-bond acceptors (Lipinski definition) is 3. The highest BCUT2D eigenvalue weighted by Crippen LogP contribution is 2.43. The van der Waals surface area contributed by atoms with Crippen LogP contribution >= 0.6 is 7.82 Å². The zero-order chi connectivity index (χ0) is 24.7. The summed E-state index contributed by atoms with van der Waals surface area (Å²) in [5, 5.41) is 0. The summed E-state index contributed by atoms with van der Waals surface area (Å²) in [5.41, 5.74) is 0. The van der Waals surface area contributed by atoms with E-state index in [1.54, 1.807) is 0 Å². The van der Waals surface area contributed by atoms with E-state index in [1.165, 1.54) is 116 Å². The van der Waals surface area contributed by atoms with Crippen LogP contribution in [0.5, 0.6) is 0 Å². The number of rotatable bonds is 26. The summed E-state index contributed by atoms with van der Waals surface area (Å²) in [4.78, 5) is 9.67. The van der Waals surface area contributed by atoms with Crippen LogP contribution in [0.15, 0.2) is 0 Å². The molecule has 0 saturated heterocycles. The van der Waals surface area contributed by atoms with Crippen LogP contribution in [0.3, 0.4) is 0 Å². The summed E-state index contributed by atoms with van der Waals surface area (Å²) < 4.78 is 22.6. The Kier molecular flexibility index (Phi) is 22.6. The van der Waals surface area contributed by atoms with E-state index in [-0.39, 0.29) is 6.61 Å². The average Bonchev–Trinajstić information content (AvgIpc) is 2.73. The van der Waals surface area contributed by atoms with Gasteiger partial charge in [-0.2, -0.15) is 0 Å². The fourth-order valence-electron chi connectivity index (χ4n) is 4.00. The molecule has 0 radical (unpaired) electrons.